The Labute approximate surface area is 155 Å². The van der Waals surface area contributed by atoms with Crippen LogP contribution >= 0.6 is 23.5 Å². The maximum Gasteiger partial charge on any atom is 0.244 e. The molecule has 2 aromatic rings. The van der Waals surface area contributed by atoms with Crippen molar-refractivity contribution in [1.82, 2.24) is 0 Å². The molecule has 3 nitrogen and oxygen atoms in total. The first-order chi connectivity index (χ1) is 12.3. The van der Waals surface area contributed by atoms with Crippen LogP contribution < -0.4 is 4.74 Å². The van der Waals surface area contributed by atoms with Gasteiger partial charge in [0, 0.05) is 11.3 Å². The van der Waals surface area contributed by atoms with E-state index in [2.05, 4.69) is 11.6 Å². The number of hydrogen-bond acceptors (Lipinski definition) is 5. The van der Waals surface area contributed by atoms with Gasteiger partial charge in [-0.3, -0.25) is 4.79 Å². The molecule has 0 aliphatic carbocycles. The third-order valence-corrected chi connectivity index (χ3v) is 5.38. The Balaban J connectivity index is 1.77. The first kappa shape index (κ1) is 17.6. The van der Waals surface area contributed by atoms with Crippen LogP contribution in [-0.4, -0.2) is 15.2 Å². The Morgan fingerprint density at radius 2 is 1.88 bits per heavy atom. The monoisotopic (exact) mass is 367 g/mol. The summed E-state index contributed by atoms with van der Waals surface area (Å²) >= 11 is 2.68. The van der Waals surface area contributed by atoms with Gasteiger partial charge in [0.25, 0.3) is 0 Å². The highest BCUT2D eigenvalue weighted by Gasteiger charge is 2.22. The summed E-state index contributed by atoms with van der Waals surface area (Å²) in [5.74, 6) is 1.47. The Morgan fingerprint density at radius 1 is 1.12 bits per heavy atom. The van der Waals surface area contributed by atoms with Crippen LogP contribution in [0.25, 0.3) is 6.08 Å². The highest BCUT2D eigenvalue weighted by Crippen LogP contribution is 2.32. The molecule has 1 aliphatic rings. The summed E-state index contributed by atoms with van der Waals surface area (Å²) in [6, 6.07) is 17.7. The molecule has 0 fully saturated rings. The first-order valence-electron chi connectivity index (χ1n) is 7.78. The van der Waals surface area contributed by atoms with Crippen LogP contribution in [0.15, 0.2) is 77.9 Å². The Morgan fingerprint density at radius 3 is 2.68 bits per heavy atom. The minimum atomic E-state index is -0.0376. The molecule has 0 N–H and O–H groups in total. The second kappa shape index (κ2) is 8.74. The molecule has 0 spiro atoms. The molecule has 3 rings (SSSR count). The largest absolute Gasteiger partial charge is 0.488 e. The molecule has 126 valence electrons. The average Bonchev–Trinajstić information content (AvgIpc) is 2.99. The van der Waals surface area contributed by atoms with E-state index in [4.69, 9.17) is 4.74 Å². The molecule has 0 amide bonds. The van der Waals surface area contributed by atoms with Crippen LogP contribution in [0.1, 0.15) is 11.1 Å². The lowest BCUT2D eigenvalue weighted by atomic mass is 10.1. The highest BCUT2D eigenvalue weighted by atomic mass is 32.2. The molecule has 0 bridgehead atoms. The lowest BCUT2D eigenvalue weighted by Gasteiger charge is -2.09. The van der Waals surface area contributed by atoms with E-state index in [1.165, 1.54) is 23.5 Å². The predicted molar refractivity (Wildman–Crippen MR) is 108 cm³/mol. The molecule has 5 heteroatoms. The molecule has 0 radical (unpaired) electrons. The van der Waals surface area contributed by atoms with Crippen LogP contribution in [0.2, 0.25) is 0 Å². The van der Waals surface area contributed by atoms with E-state index in [9.17, 15) is 4.79 Å². The van der Waals surface area contributed by atoms with Gasteiger partial charge in [0.05, 0.1) is 0 Å². The molecule has 0 unspecified atom stereocenters. The summed E-state index contributed by atoms with van der Waals surface area (Å²) in [6.07, 6.45) is 3.59. The van der Waals surface area contributed by atoms with E-state index in [1.54, 1.807) is 12.2 Å². The molecule has 2 aromatic carbocycles. The fraction of sp³-hybridized carbons (Fsp3) is 0.100. The number of nitrogens with zero attached hydrogens (tertiary/aromatic N) is 1. The molecular weight excluding hydrogens is 350 g/mol. The number of para-hydroxylation sites is 1. The summed E-state index contributed by atoms with van der Waals surface area (Å²) < 4.78 is 6.69. The van der Waals surface area contributed by atoms with Crippen molar-refractivity contribution >= 4 is 39.1 Å². The number of ether oxygens (including phenoxy) is 1. The van der Waals surface area contributed by atoms with Gasteiger partial charge in [-0.1, -0.05) is 66.4 Å². The second-order valence-corrected chi connectivity index (χ2v) is 7.44. The van der Waals surface area contributed by atoms with Gasteiger partial charge in [-0.15, -0.1) is 6.58 Å². The van der Waals surface area contributed by atoms with Crippen LogP contribution in [-0.2, 0) is 11.4 Å². The van der Waals surface area contributed by atoms with Gasteiger partial charge in [0.15, 0.2) is 0 Å². The highest BCUT2D eigenvalue weighted by molar-refractivity contribution is 8.45. The quantitative estimate of drug-likeness (QED) is 0.522. The smallest absolute Gasteiger partial charge is 0.244 e. The minimum Gasteiger partial charge on any atom is -0.488 e. The van der Waals surface area contributed by atoms with Gasteiger partial charge in [-0.2, -0.15) is 0 Å². The van der Waals surface area contributed by atoms with Gasteiger partial charge < -0.3 is 4.74 Å². The maximum absolute atomic E-state index is 12.1. The Hall–Kier alpha value is -2.24. The number of hydrogen-bond donors (Lipinski definition) is 0. The van der Waals surface area contributed by atoms with E-state index >= 15 is 0 Å². The number of rotatable bonds is 6. The fourth-order valence-corrected chi connectivity index (χ4v) is 3.80. The second-order valence-electron chi connectivity index (χ2n) is 5.21. The van der Waals surface area contributed by atoms with E-state index in [0.29, 0.717) is 12.3 Å². The molecule has 1 aliphatic heterocycles. The zero-order valence-electron chi connectivity index (χ0n) is 13.6. The number of thioether (sulfide) groups is 2. The van der Waals surface area contributed by atoms with E-state index in [1.807, 2.05) is 54.6 Å². The van der Waals surface area contributed by atoms with Gasteiger partial charge in [0.2, 0.25) is 5.12 Å². The summed E-state index contributed by atoms with van der Waals surface area (Å²) in [7, 11) is 0. The average molecular weight is 367 g/mol. The summed E-state index contributed by atoms with van der Waals surface area (Å²) in [4.78, 5) is 16.6. The van der Waals surface area contributed by atoms with Crippen molar-refractivity contribution in [3.8, 4) is 5.75 Å². The molecule has 0 saturated heterocycles. The topological polar surface area (TPSA) is 38.7 Å². The standard InChI is InChI=1S/C20H17NO2S2/c1-2-12-24-20-21-17(19(22)25-20)13-16-10-6-7-11-18(16)23-14-15-8-4-3-5-9-15/h2-11,13H,1,12,14H2/b17-13-. The molecule has 0 atom stereocenters. The lowest BCUT2D eigenvalue weighted by molar-refractivity contribution is -0.107. The van der Waals surface area contributed by atoms with Crippen molar-refractivity contribution in [1.29, 1.82) is 0 Å². The third-order valence-electron chi connectivity index (χ3n) is 3.37. The predicted octanol–water partition coefficient (Wildman–Crippen LogP) is 5.16. The number of aliphatic imine (C=N–C) groups is 1. The molecule has 1 heterocycles. The third kappa shape index (κ3) is 4.87. The van der Waals surface area contributed by atoms with Crippen molar-refractivity contribution in [2.75, 3.05) is 5.75 Å². The van der Waals surface area contributed by atoms with Crippen molar-refractivity contribution in [3.05, 3.63) is 84.1 Å². The zero-order valence-corrected chi connectivity index (χ0v) is 15.2. The normalized spacial score (nSPS) is 15.3. The number of carbonyl (C=O) groups is 1. The fourth-order valence-electron chi connectivity index (χ4n) is 2.20. The molecule has 25 heavy (non-hydrogen) atoms. The van der Waals surface area contributed by atoms with Gasteiger partial charge >= 0.3 is 0 Å². The Bertz CT molecular complexity index is 829. The minimum absolute atomic E-state index is 0.0376. The number of benzene rings is 2. The number of carbonyl (C=O) groups excluding carboxylic acids is 1. The summed E-state index contributed by atoms with van der Waals surface area (Å²) in [6.45, 7) is 4.16. The van der Waals surface area contributed by atoms with E-state index < -0.39 is 0 Å². The molecular formula is C20H17NO2S2. The van der Waals surface area contributed by atoms with Crippen molar-refractivity contribution < 1.29 is 9.53 Å². The summed E-state index contributed by atoms with van der Waals surface area (Å²) in [5.41, 5.74) is 2.40. The van der Waals surface area contributed by atoms with Gasteiger partial charge in [-0.25, -0.2) is 4.99 Å². The first-order valence-corrected chi connectivity index (χ1v) is 9.58. The van der Waals surface area contributed by atoms with E-state index in [0.717, 1.165) is 27.0 Å². The van der Waals surface area contributed by atoms with Crippen LogP contribution in [0, 0.1) is 0 Å². The van der Waals surface area contributed by atoms with Crippen molar-refractivity contribution in [2.24, 2.45) is 4.99 Å². The lowest BCUT2D eigenvalue weighted by Crippen LogP contribution is -1.97. The van der Waals surface area contributed by atoms with Crippen molar-refractivity contribution in [2.45, 2.75) is 6.61 Å². The van der Waals surface area contributed by atoms with Crippen molar-refractivity contribution in [3.63, 3.8) is 0 Å². The zero-order chi connectivity index (χ0) is 17.5. The molecule has 0 aromatic heterocycles. The van der Waals surface area contributed by atoms with Gasteiger partial charge in [0.1, 0.15) is 22.4 Å². The van der Waals surface area contributed by atoms with Crippen LogP contribution in [0.4, 0.5) is 0 Å². The van der Waals surface area contributed by atoms with E-state index in [-0.39, 0.29) is 5.12 Å². The van der Waals surface area contributed by atoms with Gasteiger partial charge in [-0.05, 0) is 29.5 Å². The summed E-state index contributed by atoms with van der Waals surface area (Å²) in [5, 5.41) is -0.0376. The van der Waals surface area contributed by atoms with Crippen LogP contribution in [0.3, 0.4) is 0 Å². The molecule has 0 saturated carbocycles. The SMILES string of the molecule is C=CCSC1=N/C(=C\c2ccccc2OCc2ccccc2)C(=O)S1. The maximum atomic E-state index is 12.1. The Kier molecular flexibility index (Phi) is 6.14. The van der Waals surface area contributed by atoms with Crippen LogP contribution in [0.5, 0.6) is 5.75 Å².